The van der Waals surface area contributed by atoms with Gasteiger partial charge in [-0.3, -0.25) is 10.2 Å². The summed E-state index contributed by atoms with van der Waals surface area (Å²) in [5.41, 5.74) is 5.80. The van der Waals surface area contributed by atoms with Crippen LogP contribution in [0.5, 0.6) is 11.5 Å². The molecule has 0 unspecified atom stereocenters. The Kier molecular flexibility index (Phi) is 8.13. The molecule has 0 atom stereocenters. The zero-order chi connectivity index (χ0) is 26.3. The predicted octanol–water partition coefficient (Wildman–Crippen LogP) is 8.72. The van der Waals surface area contributed by atoms with Crippen molar-refractivity contribution in [3.05, 3.63) is 124 Å². The molecule has 0 saturated heterocycles. The molecular formula is C29H20BrClN4O2S. The SMILES string of the molecule is O=C(Nc1sc(N/N=C\c2cccc(Oc3ccccc3)c2)nc1-c1ccc(Cl)cc1)c1ccc(Br)cc1. The predicted molar refractivity (Wildman–Crippen MR) is 159 cm³/mol. The molecule has 2 N–H and O–H groups in total. The molecule has 1 heterocycles. The minimum Gasteiger partial charge on any atom is -0.457 e. The Morgan fingerprint density at radius 3 is 2.42 bits per heavy atom. The second-order valence-corrected chi connectivity index (χ2v) is 10.4. The first kappa shape index (κ1) is 25.7. The van der Waals surface area contributed by atoms with Crippen molar-refractivity contribution in [3.63, 3.8) is 0 Å². The van der Waals surface area contributed by atoms with Gasteiger partial charge in [-0.1, -0.05) is 81.3 Å². The van der Waals surface area contributed by atoms with Crippen LogP contribution in [0.25, 0.3) is 11.3 Å². The Labute approximate surface area is 237 Å². The number of thiazole rings is 1. The molecule has 38 heavy (non-hydrogen) atoms. The van der Waals surface area contributed by atoms with Gasteiger partial charge in [-0.05, 0) is 66.2 Å². The number of carbonyl (C=O) groups excluding carboxylic acids is 1. The Morgan fingerprint density at radius 2 is 1.66 bits per heavy atom. The lowest BCUT2D eigenvalue weighted by atomic mass is 10.1. The number of halogens is 2. The molecule has 0 aliphatic heterocycles. The maximum Gasteiger partial charge on any atom is 0.256 e. The zero-order valence-corrected chi connectivity index (χ0v) is 22.9. The Morgan fingerprint density at radius 1 is 0.921 bits per heavy atom. The number of hydrogen-bond donors (Lipinski definition) is 2. The van der Waals surface area contributed by atoms with Gasteiger partial charge in [0.05, 0.1) is 6.21 Å². The Balaban J connectivity index is 1.34. The molecular weight excluding hydrogens is 584 g/mol. The highest BCUT2D eigenvalue weighted by Gasteiger charge is 2.17. The number of amides is 1. The molecule has 6 nitrogen and oxygen atoms in total. The van der Waals surface area contributed by atoms with Crippen LogP contribution in [0, 0.1) is 0 Å². The van der Waals surface area contributed by atoms with E-state index < -0.39 is 0 Å². The van der Waals surface area contributed by atoms with Gasteiger partial charge < -0.3 is 10.1 Å². The third-order valence-electron chi connectivity index (χ3n) is 5.29. The molecule has 0 saturated carbocycles. The van der Waals surface area contributed by atoms with Crippen LogP contribution in [-0.2, 0) is 0 Å². The van der Waals surface area contributed by atoms with Crippen molar-refractivity contribution in [2.75, 3.05) is 10.7 Å². The summed E-state index contributed by atoms with van der Waals surface area (Å²) in [5, 5.41) is 9.06. The van der Waals surface area contributed by atoms with Crippen molar-refractivity contribution in [1.82, 2.24) is 4.98 Å². The van der Waals surface area contributed by atoms with Gasteiger partial charge >= 0.3 is 0 Å². The van der Waals surface area contributed by atoms with Crippen molar-refractivity contribution in [2.45, 2.75) is 0 Å². The first-order chi connectivity index (χ1) is 18.5. The summed E-state index contributed by atoms with van der Waals surface area (Å²) >= 11 is 10.8. The number of anilines is 2. The molecule has 5 rings (SSSR count). The van der Waals surface area contributed by atoms with E-state index >= 15 is 0 Å². The van der Waals surface area contributed by atoms with Crippen LogP contribution in [-0.4, -0.2) is 17.1 Å². The van der Waals surface area contributed by atoms with E-state index in [9.17, 15) is 4.79 Å². The first-order valence-electron chi connectivity index (χ1n) is 11.5. The van der Waals surface area contributed by atoms with Crippen LogP contribution in [0.4, 0.5) is 10.1 Å². The van der Waals surface area contributed by atoms with Gasteiger partial charge in [-0.25, -0.2) is 4.98 Å². The van der Waals surface area contributed by atoms with Crippen molar-refractivity contribution < 1.29 is 9.53 Å². The number of para-hydroxylation sites is 1. The van der Waals surface area contributed by atoms with Crippen molar-refractivity contribution >= 4 is 61.1 Å². The lowest BCUT2D eigenvalue weighted by Gasteiger charge is -2.06. The quantitative estimate of drug-likeness (QED) is 0.137. The van der Waals surface area contributed by atoms with E-state index in [1.54, 1.807) is 30.5 Å². The summed E-state index contributed by atoms with van der Waals surface area (Å²) in [6, 6.07) is 31.6. The van der Waals surface area contributed by atoms with Gasteiger partial charge in [-0.15, -0.1) is 0 Å². The van der Waals surface area contributed by atoms with E-state index in [0.717, 1.165) is 21.3 Å². The molecule has 1 aromatic heterocycles. The number of rotatable bonds is 8. The number of hydrazone groups is 1. The highest BCUT2D eigenvalue weighted by molar-refractivity contribution is 9.10. The smallest absolute Gasteiger partial charge is 0.256 e. The number of benzene rings is 4. The number of nitrogens with zero attached hydrogens (tertiary/aromatic N) is 2. The third kappa shape index (κ3) is 6.66. The van der Waals surface area contributed by atoms with Crippen molar-refractivity contribution in [2.24, 2.45) is 5.10 Å². The summed E-state index contributed by atoms with van der Waals surface area (Å²) in [7, 11) is 0. The van der Waals surface area contributed by atoms with E-state index in [0.29, 0.717) is 32.2 Å². The largest absolute Gasteiger partial charge is 0.457 e. The Hall–Kier alpha value is -3.98. The third-order valence-corrected chi connectivity index (χ3v) is 6.95. The minimum atomic E-state index is -0.235. The van der Waals surface area contributed by atoms with Gasteiger partial charge in [-0.2, -0.15) is 5.10 Å². The standard InChI is InChI=1S/C29H20BrClN4O2S/c30-22-13-9-21(10-14-22)27(36)34-28-26(20-11-15-23(31)16-12-20)33-29(38-28)35-32-18-19-5-4-8-25(17-19)37-24-6-2-1-3-7-24/h1-18H,(H,33,35)(H,34,36)/b32-18-. The lowest BCUT2D eigenvalue weighted by molar-refractivity contribution is 0.102. The fourth-order valence-corrected chi connectivity index (χ4v) is 4.70. The molecule has 0 spiro atoms. The van der Waals surface area contributed by atoms with E-state index in [1.807, 2.05) is 78.9 Å². The van der Waals surface area contributed by atoms with Gasteiger partial charge in [0.2, 0.25) is 5.13 Å². The highest BCUT2D eigenvalue weighted by Crippen LogP contribution is 2.36. The average Bonchev–Trinajstić information content (AvgIpc) is 3.32. The van der Waals surface area contributed by atoms with Crippen molar-refractivity contribution in [1.29, 1.82) is 0 Å². The van der Waals surface area contributed by atoms with E-state index in [4.69, 9.17) is 16.3 Å². The fourth-order valence-electron chi connectivity index (χ4n) is 3.48. The Bertz CT molecular complexity index is 1570. The summed E-state index contributed by atoms with van der Waals surface area (Å²) in [6.45, 7) is 0. The summed E-state index contributed by atoms with van der Waals surface area (Å²) in [6.07, 6.45) is 1.68. The number of aromatic nitrogens is 1. The van der Waals surface area contributed by atoms with Gasteiger partial charge in [0.15, 0.2) is 0 Å². The molecule has 0 aliphatic rings. The van der Waals surface area contributed by atoms with E-state index in [2.05, 4.69) is 36.8 Å². The molecule has 0 bridgehead atoms. The first-order valence-corrected chi connectivity index (χ1v) is 13.5. The summed E-state index contributed by atoms with van der Waals surface area (Å²) in [5.74, 6) is 1.23. The van der Waals surface area contributed by atoms with E-state index in [1.165, 1.54) is 11.3 Å². The van der Waals surface area contributed by atoms with Gasteiger partial charge in [0.1, 0.15) is 22.2 Å². The average molecular weight is 604 g/mol. The highest BCUT2D eigenvalue weighted by atomic mass is 79.9. The van der Waals surface area contributed by atoms with Crippen LogP contribution in [0.3, 0.4) is 0 Å². The molecule has 9 heteroatoms. The van der Waals surface area contributed by atoms with Gasteiger partial charge in [0.25, 0.3) is 5.91 Å². The maximum atomic E-state index is 12.9. The normalized spacial score (nSPS) is 10.9. The fraction of sp³-hybridized carbons (Fsp3) is 0. The maximum absolute atomic E-state index is 12.9. The lowest BCUT2D eigenvalue weighted by Crippen LogP contribution is -2.11. The molecule has 5 aromatic rings. The summed E-state index contributed by atoms with van der Waals surface area (Å²) in [4.78, 5) is 17.6. The number of nitrogens with one attached hydrogen (secondary N) is 2. The zero-order valence-electron chi connectivity index (χ0n) is 19.8. The van der Waals surface area contributed by atoms with Crippen LogP contribution >= 0.6 is 38.9 Å². The second kappa shape index (κ2) is 12.0. The topological polar surface area (TPSA) is 75.6 Å². The molecule has 0 fully saturated rings. The monoisotopic (exact) mass is 602 g/mol. The van der Waals surface area contributed by atoms with Crippen molar-refractivity contribution in [3.8, 4) is 22.8 Å². The molecule has 0 radical (unpaired) electrons. The van der Waals surface area contributed by atoms with Crippen LogP contribution in [0.15, 0.2) is 113 Å². The van der Waals surface area contributed by atoms with Crippen LogP contribution in [0.1, 0.15) is 15.9 Å². The minimum absolute atomic E-state index is 0.235. The van der Waals surface area contributed by atoms with E-state index in [-0.39, 0.29) is 5.91 Å². The number of carbonyl (C=O) groups is 1. The molecule has 0 aliphatic carbocycles. The molecule has 1 amide bonds. The second-order valence-electron chi connectivity index (χ2n) is 8.02. The summed E-state index contributed by atoms with van der Waals surface area (Å²) < 4.78 is 6.79. The molecule has 188 valence electrons. The number of hydrogen-bond acceptors (Lipinski definition) is 6. The number of ether oxygens (including phenoxy) is 1. The molecule has 4 aromatic carbocycles. The van der Waals surface area contributed by atoms with Crippen LogP contribution < -0.4 is 15.5 Å². The van der Waals surface area contributed by atoms with Crippen LogP contribution in [0.2, 0.25) is 5.02 Å². The van der Waals surface area contributed by atoms with Gasteiger partial charge in [0, 0.05) is 20.6 Å².